The molecule has 2 nitrogen and oxygen atoms in total. The van der Waals surface area contributed by atoms with E-state index in [9.17, 15) is 9.50 Å². The SMILES string of the molecule is Cc1ccc(C(O)c2cnc3ccccc3c2)cc1F. The Morgan fingerprint density at radius 2 is 1.85 bits per heavy atom. The highest BCUT2D eigenvalue weighted by Gasteiger charge is 2.13. The number of fused-ring (bicyclic) bond motifs is 1. The van der Waals surface area contributed by atoms with Gasteiger partial charge in [0.2, 0.25) is 0 Å². The third-order valence-corrected chi connectivity index (χ3v) is 3.44. The molecule has 1 aromatic heterocycles. The summed E-state index contributed by atoms with van der Waals surface area (Å²) < 4.78 is 13.6. The third-order valence-electron chi connectivity index (χ3n) is 3.44. The van der Waals surface area contributed by atoms with Gasteiger partial charge < -0.3 is 5.11 Å². The Morgan fingerprint density at radius 3 is 2.65 bits per heavy atom. The Hall–Kier alpha value is -2.26. The lowest BCUT2D eigenvalue weighted by atomic mass is 10.0. The van der Waals surface area contributed by atoms with E-state index in [4.69, 9.17) is 0 Å². The summed E-state index contributed by atoms with van der Waals surface area (Å²) >= 11 is 0. The topological polar surface area (TPSA) is 33.1 Å². The third kappa shape index (κ3) is 2.28. The van der Waals surface area contributed by atoms with Gasteiger partial charge in [-0.05, 0) is 36.2 Å². The molecule has 0 radical (unpaired) electrons. The first-order valence-electron chi connectivity index (χ1n) is 6.44. The highest BCUT2D eigenvalue weighted by Crippen LogP contribution is 2.25. The largest absolute Gasteiger partial charge is 0.384 e. The van der Waals surface area contributed by atoms with Crippen LogP contribution in [0.2, 0.25) is 0 Å². The summed E-state index contributed by atoms with van der Waals surface area (Å²) in [6.07, 6.45) is 0.757. The Balaban J connectivity index is 2.02. The van der Waals surface area contributed by atoms with Crippen LogP contribution in [-0.4, -0.2) is 10.1 Å². The minimum absolute atomic E-state index is 0.310. The molecular formula is C17H14FNO. The molecule has 100 valence electrons. The number of para-hydroxylation sites is 1. The zero-order valence-corrected chi connectivity index (χ0v) is 11.0. The molecule has 3 aromatic rings. The Kier molecular flexibility index (Phi) is 3.20. The van der Waals surface area contributed by atoms with Gasteiger partial charge in [-0.1, -0.05) is 30.3 Å². The molecule has 1 atom stereocenters. The van der Waals surface area contributed by atoms with Crippen LogP contribution in [-0.2, 0) is 0 Å². The molecule has 2 aromatic carbocycles. The number of hydrogen-bond acceptors (Lipinski definition) is 2. The minimum Gasteiger partial charge on any atom is -0.384 e. The number of halogens is 1. The van der Waals surface area contributed by atoms with Gasteiger partial charge in [0, 0.05) is 17.1 Å². The van der Waals surface area contributed by atoms with Gasteiger partial charge >= 0.3 is 0 Å². The number of pyridine rings is 1. The van der Waals surface area contributed by atoms with Crippen LogP contribution < -0.4 is 0 Å². The van der Waals surface area contributed by atoms with E-state index in [-0.39, 0.29) is 5.82 Å². The molecule has 0 fully saturated rings. The van der Waals surface area contributed by atoms with Crippen LogP contribution in [0.3, 0.4) is 0 Å². The van der Waals surface area contributed by atoms with E-state index >= 15 is 0 Å². The maximum Gasteiger partial charge on any atom is 0.126 e. The van der Waals surface area contributed by atoms with E-state index in [1.807, 2.05) is 30.3 Å². The molecule has 0 saturated heterocycles. The van der Waals surface area contributed by atoms with Crippen molar-refractivity contribution < 1.29 is 9.50 Å². The van der Waals surface area contributed by atoms with Crippen molar-refractivity contribution in [2.24, 2.45) is 0 Å². The molecule has 0 aliphatic heterocycles. The van der Waals surface area contributed by atoms with Crippen LogP contribution in [0.5, 0.6) is 0 Å². The summed E-state index contributed by atoms with van der Waals surface area (Å²) in [4.78, 5) is 4.31. The molecular weight excluding hydrogens is 253 g/mol. The summed E-state index contributed by atoms with van der Waals surface area (Å²) in [6.45, 7) is 1.70. The van der Waals surface area contributed by atoms with Gasteiger partial charge in [0.05, 0.1) is 5.52 Å². The molecule has 1 N–H and O–H groups in total. The van der Waals surface area contributed by atoms with Gasteiger partial charge in [-0.2, -0.15) is 0 Å². The van der Waals surface area contributed by atoms with Crippen molar-refractivity contribution in [2.45, 2.75) is 13.0 Å². The Morgan fingerprint density at radius 1 is 1.05 bits per heavy atom. The summed E-state index contributed by atoms with van der Waals surface area (Å²) in [7, 11) is 0. The van der Waals surface area contributed by atoms with Crippen LogP contribution in [0.25, 0.3) is 10.9 Å². The highest BCUT2D eigenvalue weighted by molar-refractivity contribution is 5.78. The van der Waals surface area contributed by atoms with Crippen LogP contribution >= 0.6 is 0 Å². The Labute approximate surface area is 116 Å². The number of aliphatic hydroxyl groups is 1. The molecule has 3 heteroatoms. The second kappa shape index (κ2) is 5.02. The molecule has 0 amide bonds. The molecule has 0 aliphatic rings. The van der Waals surface area contributed by atoms with Crippen LogP contribution in [0.15, 0.2) is 54.7 Å². The fourth-order valence-electron chi connectivity index (χ4n) is 2.21. The number of hydrogen-bond donors (Lipinski definition) is 1. The normalized spacial score (nSPS) is 12.6. The van der Waals surface area contributed by atoms with E-state index in [2.05, 4.69) is 4.98 Å². The molecule has 1 heterocycles. The molecule has 20 heavy (non-hydrogen) atoms. The lowest BCUT2D eigenvalue weighted by Crippen LogP contribution is -2.01. The summed E-state index contributed by atoms with van der Waals surface area (Å²) in [6, 6.07) is 14.3. The van der Waals surface area contributed by atoms with E-state index < -0.39 is 6.10 Å². The van der Waals surface area contributed by atoms with Crippen molar-refractivity contribution in [3.8, 4) is 0 Å². The second-order valence-electron chi connectivity index (χ2n) is 4.87. The van der Waals surface area contributed by atoms with Gasteiger partial charge in [-0.25, -0.2) is 4.39 Å². The van der Waals surface area contributed by atoms with Gasteiger partial charge in [0.15, 0.2) is 0 Å². The molecule has 0 aliphatic carbocycles. The van der Waals surface area contributed by atoms with Crippen molar-refractivity contribution in [3.05, 3.63) is 77.2 Å². The Bertz CT molecular complexity index is 770. The maximum atomic E-state index is 13.6. The van der Waals surface area contributed by atoms with Crippen LogP contribution in [0.1, 0.15) is 22.8 Å². The van der Waals surface area contributed by atoms with E-state index in [0.717, 1.165) is 10.9 Å². The molecule has 0 spiro atoms. The first-order chi connectivity index (χ1) is 9.65. The predicted molar refractivity (Wildman–Crippen MR) is 76.9 cm³/mol. The fourth-order valence-corrected chi connectivity index (χ4v) is 2.21. The van der Waals surface area contributed by atoms with Gasteiger partial charge in [-0.15, -0.1) is 0 Å². The van der Waals surface area contributed by atoms with E-state index in [0.29, 0.717) is 16.7 Å². The molecule has 0 saturated carbocycles. The summed E-state index contributed by atoms with van der Waals surface area (Å²) in [5.41, 5.74) is 2.63. The molecule has 1 unspecified atom stereocenters. The number of aromatic nitrogens is 1. The monoisotopic (exact) mass is 267 g/mol. The van der Waals surface area contributed by atoms with E-state index in [1.54, 1.807) is 25.3 Å². The fraction of sp³-hybridized carbons (Fsp3) is 0.118. The summed E-state index contributed by atoms with van der Waals surface area (Å²) in [5.74, 6) is -0.310. The van der Waals surface area contributed by atoms with Gasteiger partial charge in [0.25, 0.3) is 0 Å². The quantitative estimate of drug-likeness (QED) is 0.766. The van der Waals surface area contributed by atoms with Crippen molar-refractivity contribution in [1.29, 1.82) is 0 Å². The van der Waals surface area contributed by atoms with Crippen LogP contribution in [0.4, 0.5) is 4.39 Å². The first-order valence-corrected chi connectivity index (χ1v) is 6.44. The number of nitrogens with zero attached hydrogens (tertiary/aromatic N) is 1. The predicted octanol–water partition coefficient (Wildman–Crippen LogP) is 3.76. The van der Waals surface area contributed by atoms with Crippen molar-refractivity contribution in [1.82, 2.24) is 4.98 Å². The zero-order valence-electron chi connectivity index (χ0n) is 11.0. The van der Waals surface area contributed by atoms with Crippen molar-refractivity contribution >= 4 is 10.9 Å². The standard InChI is InChI=1S/C17H14FNO/c1-11-6-7-13(9-15(11)18)17(20)14-8-12-4-2-3-5-16(12)19-10-14/h2-10,17,20H,1H3. The molecule has 0 bridgehead atoms. The molecule has 3 rings (SSSR count). The minimum atomic E-state index is -0.873. The second-order valence-corrected chi connectivity index (χ2v) is 4.87. The zero-order chi connectivity index (χ0) is 14.1. The van der Waals surface area contributed by atoms with Crippen molar-refractivity contribution in [3.63, 3.8) is 0 Å². The summed E-state index contributed by atoms with van der Waals surface area (Å²) in [5, 5.41) is 11.3. The van der Waals surface area contributed by atoms with Gasteiger partial charge in [-0.3, -0.25) is 4.98 Å². The highest BCUT2D eigenvalue weighted by atomic mass is 19.1. The lowest BCUT2D eigenvalue weighted by Gasteiger charge is -2.12. The first kappa shape index (κ1) is 12.8. The van der Waals surface area contributed by atoms with Crippen LogP contribution in [0, 0.1) is 12.7 Å². The smallest absolute Gasteiger partial charge is 0.126 e. The number of aryl methyl sites for hydroxylation is 1. The number of aliphatic hydroxyl groups excluding tert-OH is 1. The van der Waals surface area contributed by atoms with E-state index in [1.165, 1.54) is 6.07 Å². The van der Waals surface area contributed by atoms with Crippen molar-refractivity contribution in [2.75, 3.05) is 0 Å². The van der Waals surface area contributed by atoms with Gasteiger partial charge in [0.1, 0.15) is 11.9 Å². The lowest BCUT2D eigenvalue weighted by molar-refractivity contribution is 0.219. The average Bonchev–Trinajstić information content (AvgIpc) is 2.49. The number of benzene rings is 2. The average molecular weight is 267 g/mol. The number of rotatable bonds is 2. The maximum absolute atomic E-state index is 13.6.